The highest BCUT2D eigenvalue weighted by molar-refractivity contribution is 5.92. The average Bonchev–Trinajstić information content (AvgIpc) is 2.47. The summed E-state index contributed by atoms with van der Waals surface area (Å²) in [4.78, 5) is 23.8. The number of hydrogen-bond donors (Lipinski definition) is 2. The number of rotatable bonds is 5. The van der Waals surface area contributed by atoms with Crippen LogP contribution >= 0.6 is 0 Å². The largest absolute Gasteiger partial charge is 0.394 e. The molecule has 1 atom stereocenters. The van der Waals surface area contributed by atoms with Gasteiger partial charge in [0.15, 0.2) is 0 Å². The predicted molar refractivity (Wildman–Crippen MR) is 75.0 cm³/mol. The summed E-state index contributed by atoms with van der Waals surface area (Å²) in [6, 6.07) is 5.66. The number of carbonyl (C=O) groups is 1. The van der Waals surface area contributed by atoms with Crippen molar-refractivity contribution in [3.05, 3.63) is 34.4 Å². The van der Waals surface area contributed by atoms with Gasteiger partial charge in [0.05, 0.1) is 30.8 Å². The average molecular weight is 295 g/mol. The molecular formula is C13H17N3O5. The zero-order valence-electron chi connectivity index (χ0n) is 11.4. The molecule has 1 heterocycles. The molecule has 1 saturated heterocycles. The van der Waals surface area contributed by atoms with Crippen LogP contribution in [-0.2, 0) is 9.53 Å². The van der Waals surface area contributed by atoms with Crippen LogP contribution in [0.15, 0.2) is 24.3 Å². The van der Waals surface area contributed by atoms with E-state index in [4.69, 9.17) is 9.84 Å². The van der Waals surface area contributed by atoms with Crippen LogP contribution in [0.5, 0.6) is 0 Å². The monoisotopic (exact) mass is 295 g/mol. The zero-order valence-corrected chi connectivity index (χ0v) is 11.4. The molecule has 8 nitrogen and oxygen atoms in total. The third kappa shape index (κ3) is 4.48. The van der Waals surface area contributed by atoms with Crippen molar-refractivity contribution in [2.45, 2.75) is 6.10 Å². The molecule has 0 saturated carbocycles. The van der Waals surface area contributed by atoms with Gasteiger partial charge >= 0.3 is 0 Å². The van der Waals surface area contributed by atoms with E-state index in [0.29, 0.717) is 25.4 Å². The summed E-state index contributed by atoms with van der Waals surface area (Å²) in [5.41, 5.74) is 0.490. The minimum atomic E-state index is -0.492. The van der Waals surface area contributed by atoms with Crippen LogP contribution in [0, 0.1) is 10.1 Å². The van der Waals surface area contributed by atoms with E-state index in [0.717, 1.165) is 0 Å². The van der Waals surface area contributed by atoms with Gasteiger partial charge in [0.2, 0.25) is 5.91 Å². The SMILES string of the molecule is O=C(CN1CCOC(CO)C1)Nc1ccc([N+](=O)[O-])cc1. The number of aliphatic hydroxyl groups excluding tert-OH is 1. The quantitative estimate of drug-likeness (QED) is 0.595. The van der Waals surface area contributed by atoms with Gasteiger partial charge < -0.3 is 15.2 Å². The minimum Gasteiger partial charge on any atom is -0.394 e. The Morgan fingerprint density at radius 3 is 2.81 bits per heavy atom. The number of nitrogens with one attached hydrogen (secondary N) is 1. The Bertz CT molecular complexity index is 505. The molecule has 1 unspecified atom stereocenters. The number of hydrogen-bond acceptors (Lipinski definition) is 6. The van der Waals surface area contributed by atoms with E-state index in [2.05, 4.69) is 5.32 Å². The van der Waals surface area contributed by atoms with Crippen LogP contribution in [0.2, 0.25) is 0 Å². The van der Waals surface area contributed by atoms with Crippen LogP contribution in [0.4, 0.5) is 11.4 Å². The Morgan fingerprint density at radius 2 is 2.19 bits per heavy atom. The van der Waals surface area contributed by atoms with Crippen LogP contribution in [-0.4, -0.2) is 59.8 Å². The number of nitrogens with zero attached hydrogens (tertiary/aromatic N) is 2. The maximum Gasteiger partial charge on any atom is 0.269 e. The van der Waals surface area contributed by atoms with Crippen LogP contribution < -0.4 is 5.32 Å². The van der Waals surface area contributed by atoms with Crippen molar-refractivity contribution in [1.29, 1.82) is 0 Å². The highest BCUT2D eigenvalue weighted by Crippen LogP contribution is 2.15. The summed E-state index contributed by atoms with van der Waals surface area (Å²) in [6.07, 6.45) is -0.258. The number of anilines is 1. The lowest BCUT2D eigenvalue weighted by Crippen LogP contribution is -2.46. The molecule has 1 fully saturated rings. The van der Waals surface area contributed by atoms with E-state index in [1.807, 2.05) is 4.90 Å². The van der Waals surface area contributed by atoms with Gasteiger partial charge in [-0.15, -0.1) is 0 Å². The molecule has 114 valence electrons. The first-order chi connectivity index (χ1) is 10.1. The van der Waals surface area contributed by atoms with E-state index < -0.39 is 4.92 Å². The number of nitro benzene ring substituents is 1. The first-order valence-electron chi connectivity index (χ1n) is 6.57. The number of nitro groups is 1. The molecule has 21 heavy (non-hydrogen) atoms. The molecule has 0 bridgehead atoms. The van der Waals surface area contributed by atoms with Gasteiger partial charge in [-0.2, -0.15) is 0 Å². The highest BCUT2D eigenvalue weighted by atomic mass is 16.6. The molecule has 0 radical (unpaired) electrons. The standard InChI is InChI=1S/C13H17N3O5/c17-9-12-7-15(5-6-21-12)8-13(18)14-10-1-3-11(4-2-10)16(19)20/h1-4,12,17H,5-9H2,(H,14,18). The maximum atomic E-state index is 11.9. The zero-order chi connectivity index (χ0) is 15.2. The Morgan fingerprint density at radius 1 is 1.48 bits per heavy atom. The van der Waals surface area contributed by atoms with Gasteiger partial charge in [0.1, 0.15) is 0 Å². The maximum absolute atomic E-state index is 11.9. The Balaban J connectivity index is 1.85. The fraction of sp³-hybridized carbons (Fsp3) is 0.462. The fourth-order valence-electron chi connectivity index (χ4n) is 2.10. The van der Waals surface area contributed by atoms with Gasteiger partial charge in [-0.05, 0) is 12.1 Å². The molecule has 0 aromatic heterocycles. The summed E-state index contributed by atoms with van der Waals surface area (Å²) in [5.74, 6) is -0.206. The highest BCUT2D eigenvalue weighted by Gasteiger charge is 2.21. The van der Waals surface area contributed by atoms with Gasteiger partial charge in [-0.1, -0.05) is 0 Å². The fourth-order valence-corrected chi connectivity index (χ4v) is 2.10. The number of ether oxygens (including phenoxy) is 1. The lowest BCUT2D eigenvalue weighted by atomic mass is 10.2. The van der Waals surface area contributed by atoms with Gasteiger partial charge in [-0.3, -0.25) is 19.8 Å². The predicted octanol–water partition coefficient (Wildman–Crippen LogP) is 0.226. The summed E-state index contributed by atoms with van der Waals surface area (Å²) >= 11 is 0. The summed E-state index contributed by atoms with van der Waals surface area (Å²) in [5, 5.41) is 22.3. The van der Waals surface area contributed by atoms with Crippen LogP contribution in [0.25, 0.3) is 0 Å². The van der Waals surface area contributed by atoms with E-state index >= 15 is 0 Å². The second-order valence-electron chi connectivity index (χ2n) is 4.76. The van der Waals surface area contributed by atoms with Crippen molar-refractivity contribution in [2.24, 2.45) is 0 Å². The number of carbonyl (C=O) groups excluding carboxylic acids is 1. The minimum absolute atomic E-state index is 0.0213. The summed E-state index contributed by atoms with van der Waals surface area (Å²) < 4.78 is 5.31. The van der Waals surface area contributed by atoms with Gasteiger partial charge in [0, 0.05) is 30.9 Å². The first-order valence-corrected chi connectivity index (χ1v) is 6.57. The Kier molecular flexibility index (Phi) is 5.20. The second kappa shape index (κ2) is 7.11. The Labute approximate surface area is 121 Å². The molecule has 1 aliphatic rings. The lowest BCUT2D eigenvalue weighted by Gasteiger charge is -2.31. The van der Waals surface area contributed by atoms with E-state index in [1.54, 1.807) is 0 Å². The van der Waals surface area contributed by atoms with Crippen molar-refractivity contribution in [2.75, 3.05) is 38.2 Å². The van der Waals surface area contributed by atoms with Crippen LogP contribution in [0.1, 0.15) is 0 Å². The van der Waals surface area contributed by atoms with Crippen molar-refractivity contribution in [1.82, 2.24) is 4.90 Å². The Hall–Kier alpha value is -2.03. The first kappa shape index (κ1) is 15.4. The van der Waals surface area contributed by atoms with Gasteiger partial charge in [-0.25, -0.2) is 0 Å². The second-order valence-corrected chi connectivity index (χ2v) is 4.76. The van der Waals surface area contributed by atoms with Gasteiger partial charge in [0.25, 0.3) is 5.69 Å². The smallest absolute Gasteiger partial charge is 0.269 e. The van der Waals surface area contributed by atoms with E-state index in [1.165, 1.54) is 24.3 Å². The normalized spacial score (nSPS) is 19.2. The summed E-state index contributed by atoms with van der Waals surface area (Å²) in [7, 11) is 0. The van der Waals surface area contributed by atoms with Crippen molar-refractivity contribution >= 4 is 17.3 Å². The third-order valence-corrected chi connectivity index (χ3v) is 3.16. The van der Waals surface area contributed by atoms with E-state index in [9.17, 15) is 14.9 Å². The number of morpholine rings is 1. The molecule has 1 aromatic rings. The number of non-ortho nitro benzene ring substituents is 1. The lowest BCUT2D eigenvalue weighted by molar-refractivity contribution is -0.384. The van der Waals surface area contributed by atoms with Crippen molar-refractivity contribution < 1.29 is 19.6 Å². The molecular weight excluding hydrogens is 278 g/mol. The van der Waals surface area contributed by atoms with Crippen LogP contribution in [0.3, 0.4) is 0 Å². The topological polar surface area (TPSA) is 105 Å². The summed E-state index contributed by atoms with van der Waals surface area (Å²) in [6.45, 7) is 1.74. The number of benzene rings is 1. The molecule has 1 aromatic carbocycles. The number of amides is 1. The molecule has 0 aliphatic carbocycles. The van der Waals surface area contributed by atoms with Crippen molar-refractivity contribution in [3.8, 4) is 0 Å². The molecule has 8 heteroatoms. The molecule has 1 amide bonds. The van der Waals surface area contributed by atoms with E-state index in [-0.39, 0.29) is 30.9 Å². The third-order valence-electron chi connectivity index (χ3n) is 3.16. The molecule has 2 N–H and O–H groups in total. The van der Waals surface area contributed by atoms with Crippen molar-refractivity contribution in [3.63, 3.8) is 0 Å². The molecule has 1 aliphatic heterocycles. The number of aliphatic hydroxyl groups is 1. The molecule has 0 spiro atoms. The molecule has 2 rings (SSSR count).